The van der Waals surface area contributed by atoms with Crippen LogP contribution in [0.4, 0.5) is 0 Å². The number of aromatic nitrogens is 1. The van der Waals surface area contributed by atoms with Gasteiger partial charge in [0.1, 0.15) is 5.25 Å². The van der Waals surface area contributed by atoms with Gasteiger partial charge >= 0.3 is 5.97 Å². The van der Waals surface area contributed by atoms with Crippen molar-refractivity contribution in [1.82, 2.24) is 15.3 Å². The van der Waals surface area contributed by atoms with Gasteiger partial charge in [0.05, 0.1) is 6.42 Å². The molecule has 2 N–H and O–H groups in total. The standard InChI is InChI=1S/C19H18N4O4S/c24-16-12-15(18(26)27)28-19(22-21-17(25)14-6-9-20-10-7-14)23(16)11-8-13-4-2-1-3-5-13/h1-7,9-10,15H,8,11-12H2,(H,21,25)(H,26,27)/b22-19-. The molecule has 1 aromatic carbocycles. The van der Waals surface area contributed by atoms with Crippen LogP contribution in [0.2, 0.25) is 0 Å². The van der Waals surface area contributed by atoms with E-state index in [1.54, 1.807) is 0 Å². The molecule has 0 bridgehead atoms. The molecule has 1 atom stereocenters. The predicted octanol–water partition coefficient (Wildman–Crippen LogP) is 1.74. The fraction of sp³-hybridized carbons (Fsp3) is 0.211. The third-order valence-corrected chi connectivity index (χ3v) is 5.25. The van der Waals surface area contributed by atoms with Gasteiger partial charge in [-0.15, -0.1) is 5.10 Å². The van der Waals surface area contributed by atoms with E-state index in [1.807, 2.05) is 30.3 Å². The van der Waals surface area contributed by atoms with Crippen LogP contribution in [0.5, 0.6) is 0 Å². The molecule has 1 unspecified atom stereocenters. The normalized spacial score (nSPS) is 18.1. The van der Waals surface area contributed by atoms with Gasteiger partial charge in [-0.3, -0.25) is 24.3 Å². The molecule has 28 heavy (non-hydrogen) atoms. The van der Waals surface area contributed by atoms with Crippen molar-refractivity contribution in [2.75, 3.05) is 6.54 Å². The van der Waals surface area contributed by atoms with Crippen molar-refractivity contribution in [1.29, 1.82) is 0 Å². The van der Waals surface area contributed by atoms with E-state index < -0.39 is 17.1 Å². The van der Waals surface area contributed by atoms with E-state index in [0.29, 0.717) is 18.5 Å². The van der Waals surface area contributed by atoms with E-state index in [4.69, 9.17) is 0 Å². The summed E-state index contributed by atoms with van der Waals surface area (Å²) in [6.07, 6.45) is 3.43. The van der Waals surface area contributed by atoms with Gasteiger partial charge in [0.25, 0.3) is 5.91 Å². The Kier molecular flexibility index (Phi) is 6.38. The lowest BCUT2D eigenvalue weighted by atomic mass is 10.1. The van der Waals surface area contributed by atoms with Crippen molar-refractivity contribution < 1.29 is 19.5 Å². The molecule has 0 aliphatic carbocycles. The largest absolute Gasteiger partial charge is 0.480 e. The lowest BCUT2D eigenvalue weighted by Crippen LogP contribution is -2.45. The maximum atomic E-state index is 12.5. The highest BCUT2D eigenvalue weighted by molar-refractivity contribution is 8.15. The van der Waals surface area contributed by atoms with Crippen LogP contribution in [-0.4, -0.2) is 49.7 Å². The number of amides is 2. The molecule has 1 fully saturated rings. The molecule has 144 valence electrons. The second kappa shape index (κ2) is 9.14. The second-order valence-electron chi connectivity index (χ2n) is 6.00. The summed E-state index contributed by atoms with van der Waals surface area (Å²) in [5.41, 5.74) is 3.79. The Morgan fingerprint density at radius 3 is 2.61 bits per heavy atom. The summed E-state index contributed by atoms with van der Waals surface area (Å²) >= 11 is 0.952. The predicted molar refractivity (Wildman–Crippen MR) is 105 cm³/mol. The lowest BCUT2D eigenvalue weighted by molar-refractivity contribution is -0.139. The average molecular weight is 398 g/mol. The second-order valence-corrected chi connectivity index (χ2v) is 7.17. The van der Waals surface area contributed by atoms with E-state index in [-0.39, 0.29) is 17.5 Å². The summed E-state index contributed by atoms with van der Waals surface area (Å²) in [5, 5.41) is 12.6. The number of pyridine rings is 1. The number of amidine groups is 1. The molecule has 2 amide bonds. The Balaban J connectivity index is 1.76. The lowest BCUT2D eigenvalue weighted by Gasteiger charge is -2.30. The van der Waals surface area contributed by atoms with Gasteiger partial charge in [-0.1, -0.05) is 42.1 Å². The number of nitrogens with one attached hydrogen (secondary N) is 1. The first-order valence-electron chi connectivity index (χ1n) is 8.56. The van der Waals surface area contributed by atoms with Gasteiger partial charge in [-0.25, -0.2) is 5.43 Å². The molecular weight excluding hydrogens is 380 g/mol. The Bertz CT molecular complexity index is 889. The summed E-state index contributed by atoms with van der Waals surface area (Å²) in [6, 6.07) is 12.7. The van der Waals surface area contributed by atoms with Gasteiger partial charge in [0.2, 0.25) is 5.91 Å². The zero-order valence-electron chi connectivity index (χ0n) is 14.8. The number of nitrogens with zero attached hydrogens (tertiary/aromatic N) is 3. The molecule has 1 saturated heterocycles. The first-order valence-corrected chi connectivity index (χ1v) is 9.44. The van der Waals surface area contributed by atoms with Crippen LogP contribution in [0.15, 0.2) is 60.0 Å². The fourth-order valence-electron chi connectivity index (χ4n) is 2.60. The van der Waals surface area contributed by atoms with Crippen molar-refractivity contribution >= 4 is 34.7 Å². The van der Waals surface area contributed by atoms with E-state index in [1.165, 1.54) is 29.4 Å². The van der Waals surface area contributed by atoms with Crippen molar-refractivity contribution in [3.8, 4) is 0 Å². The molecule has 2 aromatic rings. The summed E-state index contributed by atoms with van der Waals surface area (Å²) in [4.78, 5) is 41.3. The quantitative estimate of drug-likeness (QED) is 0.717. The molecule has 2 heterocycles. The van der Waals surface area contributed by atoms with E-state index in [2.05, 4.69) is 15.5 Å². The van der Waals surface area contributed by atoms with Crippen LogP contribution in [0.1, 0.15) is 22.3 Å². The first kappa shape index (κ1) is 19.6. The number of rotatable bonds is 6. The molecule has 9 heteroatoms. The van der Waals surface area contributed by atoms with Gasteiger partial charge < -0.3 is 5.11 Å². The van der Waals surface area contributed by atoms with Crippen molar-refractivity contribution in [3.05, 3.63) is 66.0 Å². The van der Waals surface area contributed by atoms with E-state index in [0.717, 1.165) is 17.3 Å². The average Bonchev–Trinajstić information content (AvgIpc) is 2.72. The fourth-order valence-corrected chi connectivity index (χ4v) is 3.60. The molecule has 0 saturated carbocycles. The van der Waals surface area contributed by atoms with Crippen LogP contribution < -0.4 is 5.43 Å². The van der Waals surface area contributed by atoms with Crippen LogP contribution in [0, 0.1) is 0 Å². The first-order chi connectivity index (χ1) is 13.5. The van der Waals surface area contributed by atoms with E-state index >= 15 is 0 Å². The highest BCUT2D eigenvalue weighted by Crippen LogP contribution is 2.26. The summed E-state index contributed by atoms with van der Waals surface area (Å²) in [7, 11) is 0. The summed E-state index contributed by atoms with van der Waals surface area (Å²) in [6.45, 7) is 0.339. The highest BCUT2D eigenvalue weighted by Gasteiger charge is 2.35. The third kappa shape index (κ3) is 4.95. The Hall–Kier alpha value is -3.20. The third-order valence-electron chi connectivity index (χ3n) is 4.08. The minimum Gasteiger partial charge on any atom is -0.480 e. The maximum absolute atomic E-state index is 12.5. The number of thioether (sulfide) groups is 1. The Morgan fingerprint density at radius 1 is 1.21 bits per heavy atom. The highest BCUT2D eigenvalue weighted by atomic mass is 32.2. The van der Waals surface area contributed by atoms with Gasteiger partial charge in [-0.2, -0.15) is 0 Å². The number of hydrazone groups is 1. The molecular formula is C19H18N4O4S. The van der Waals surface area contributed by atoms with Gasteiger partial charge in [-0.05, 0) is 24.1 Å². The Labute approximate surface area is 165 Å². The number of carbonyl (C=O) groups is 3. The molecule has 3 rings (SSSR count). The summed E-state index contributed by atoms with van der Waals surface area (Å²) < 4.78 is 0. The SMILES string of the molecule is O=C(N/N=C1\SC(C(=O)O)CC(=O)N1CCc1ccccc1)c1ccncc1. The van der Waals surface area contributed by atoms with Crippen molar-refractivity contribution in [2.24, 2.45) is 5.10 Å². The number of hydrogen-bond donors (Lipinski definition) is 2. The molecule has 1 aliphatic heterocycles. The van der Waals surface area contributed by atoms with Crippen molar-refractivity contribution in [2.45, 2.75) is 18.1 Å². The van der Waals surface area contributed by atoms with Crippen molar-refractivity contribution in [3.63, 3.8) is 0 Å². The number of carboxylic acid groups (broad SMARTS) is 1. The minimum absolute atomic E-state index is 0.119. The monoisotopic (exact) mass is 398 g/mol. The number of hydrogen-bond acceptors (Lipinski definition) is 6. The number of aliphatic carboxylic acids is 1. The van der Waals surface area contributed by atoms with Crippen LogP contribution in [0.25, 0.3) is 0 Å². The number of benzene rings is 1. The van der Waals surface area contributed by atoms with Crippen LogP contribution >= 0.6 is 11.8 Å². The Morgan fingerprint density at radius 2 is 1.93 bits per heavy atom. The topological polar surface area (TPSA) is 112 Å². The van der Waals surface area contributed by atoms with E-state index in [9.17, 15) is 19.5 Å². The number of carboxylic acids is 1. The van der Waals surface area contributed by atoms with Crippen LogP contribution in [-0.2, 0) is 16.0 Å². The summed E-state index contributed by atoms with van der Waals surface area (Å²) in [5.74, 6) is -1.89. The van der Waals surface area contributed by atoms with Crippen LogP contribution in [0.3, 0.4) is 0 Å². The van der Waals surface area contributed by atoms with Gasteiger partial charge in [0.15, 0.2) is 5.17 Å². The van der Waals surface area contributed by atoms with Gasteiger partial charge in [0, 0.05) is 24.5 Å². The molecule has 8 nitrogen and oxygen atoms in total. The zero-order chi connectivity index (χ0) is 19.9. The molecule has 1 aromatic heterocycles. The molecule has 0 spiro atoms. The molecule has 0 radical (unpaired) electrons. The minimum atomic E-state index is -1.09. The number of carbonyl (C=O) groups excluding carboxylic acids is 2. The maximum Gasteiger partial charge on any atom is 0.317 e. The zero-order valence-corrected chi connectivity index (χ0v) is 15.6. The molecule has 1 aliphatic rings. The smallest absolute Gasteiger partial charge is 0.317 e.